The number of amides is 4. The first kappa shape index (κ1) is 19.9. The predicted octanol–water partition coefficient (Wildman–Crippen LogP) is 3.06. The molecule has 7 heteroatoms. The first-order valence-corrected chi connectivity index (χ1v) is 11.9. The zero-order valence-corrected chi connectivity index (χ0v) is 18.4. The van der Waals surface area contributed by atoms with Crippen LogP contribution in [0.3, 0.4) is 0 Å². The molecule has 7 nitrogen and oxygen atoms in total. The van der Waals surface area contributed by atoms with E-state index in [1.54, 1.807) is 18.2 Å². The van der Waals surface area contributed by atoms with Crippen LogP contribution in [0.2, 0.25) is 0 Å². The number of fused-ring (bicyclic) bond motifs is 1. The topological polar surface area (TPSA) is 86.8 Å². The molecule has 0 spiro atoms. The monoisotopic (exact) mass is 435 g/mol. The minimum Gasteiger partial charge on any atom is -0.330 e. The van der Waals surface area contributed by atoms with E-state index in [1.165, 1.54) is 26.3 Å². The van der Waals surface area contributed by atoms with Crippen molar-refractivity contribution in [1.29, 1.82) is 0 Å². The van der Waals surface area contributed by atoms with Crippen molar-refractivity contribution in [3.63, 3.8) is 0 Å². The number of hydrogen-bond donors (Lipinski definition) is 1. The number of carbonyl (C=O) groups excluding carboxylic acids is 4. The fourth-order valence-electron chi connectivity index (χ4n) is 7.62. The summed E-state index contributed by atoms with van der Waals surface area (Å²) in [6, 6.07) is 4.34. The summed E-state index contributed by atoms with van der Waals surface area (Å²) in [5.74, 6) is 1.36. The van der Waals surface area contributed by atoms with Crippen molar-refractivity contribution in [2.75, 3.05) is 18.9 Å². The van der Waals surface area contributed by atoms with E-state index in [1.807, 2.05) is 4.90 Å². The number of hydrogen-bond acceptors (Lipinski definition) is 4. The Labute approximate surface area is 187 Å². The van der Waals surface area contributed by atoms with E-state index in [2.05, 4.69) is 5.32 Å². The maximum atomic E-state index is 13.8. The highest BCUT2D eigenvalue weighted by Crippen LogP contribution is 2.60. The Morgan fingerprint density at radius 1 is 0.969 bits per heavy atom. The molecule has 32 heavy (non-hydrogen) atoms. The molecule has 6 aliphatic rings. The van der Waals surface area contributed by atoms with Crippen LogP contribution in [0.25, 0.3) is 0 Å². The van der Waals surface area contributed by atoms with Gasteiger partial charge in [0.05, 0.1) is 16.5 Å². The number of benzene rings is 1. The fraction of sp³-hybridized carbons (Fsp3) is 0.600. The fourth-order valence-corrected chi connectivity index (χ4v) is 7.62. The molecule has 168 valence electrons. The Morgan fingerprint density at radius 2 is 1.59 bits per heavy atom. The highest BCUT2D eigenvalue weighted by atomic mass is 16.2. The van der Waals surface area contributed by atoms with Crippen LogP contribution in [-0.2, 0) is 9.59 Å². The van der Waals surface area contributed by atoms with E-state index in [4.69, 9.17) is 0 Å². The van der Waals surface area contributed by atoms with Gasteiger partial charge in [-0.05, 0) is 87.3 Å². The summed E-state index contributed by atoms with van der Waals surface area (Å²) in [7, 11) is 1.45. The number of carbonyl (C=O) groups is 4. The first-order chi connectivity index (χ1) is 15.3. The van der Waals surface area contributed by atoms with Gasteiger partial charge in [-0.15, -0.1) is 0 Å². The molecule has 1 aromatic rings. The molecule has 1 N–H and O–H groups in total. The van der Waals surface area contributed by atoms with E-state index in [0.29, 0.717) is 47.5 Å². The quantitative estimate of drug-likeness (QED) is 0.740. The van der Waals surface area contributed by atoms with Gasteiger partial charge in [-0.25, -0.2) is 0 Å². The van der Waals surface area contributed by atoms with Crippen LogP contribution < -0.4 is 5.32 Å². The Kier molecular flexibility index (Phi) is 4.30. The average Bonchev–Trinajstić information content (AvgIpc) is 3.33. The van der Waals surface area contributed by atoms with Gasteiger partial charge in [0, 0.05) is 19.3 Å². The molecule has 4 aliphatic carbocycles. The zero-order valence-electron chi connectivity index (χ0n) is 18.4. The molecular weight excluding hydrogens is 406 g/mol. The van der Waals surface area contributed by atoms with Crippen molar-refractivity contribution in [1.82, 2.24) is 9.80 Å². The van der Waals surface area contributed by atoms with Crippen LogP contribution in [0.15, 0.2) is 18.2 Å². The van der Waals surface area contributed by atoms with Gasteiger partial charge >= 0.3 is 0 Å². The smallest absolute Gasteiger partial charge is 0.261 e. The standard InChI is InChI=1S/C25H29N3O4/c1-27-22(30)18-5-4-17(10-19(18)23(27)31)26-21(29)20-3-2-6-28(20)24(32)25-11-14-7-15(12-25)9-16(8-14)13-25/h4-5,10,14-16,20H,2-3,6-9,11-13H2,1H3,(H,26,29). The summed E-state index contributed by atoms with van der Waals surface area (Å²) in [6.45, 7) is 0.640. The summed E-state index contributed by atoms with van der Waals surface area (Å²) in [5, 5.41) is 2.91. The first-order valence-electron chi connectivity index (χ1n) is 11.9. The molecule has 1 atom stereocenters. The highest BCUT2D eigenvalue weighted by molar-refractivity contribution is 6.21. The van der Waals surface area contributed by atoms with Crippen molar-refractivity contribution in [3.8, 4) is 0 Å². The van der Waals surface area contributed by atoms with Crippen LogP contribution in [-0.4, -0.2) is 53.1 Å². The van der Waals surface area contributed by atoms with Gasteiger partial charge in [0.25, 0.3) is 11.8 Å². The third-order valence-electron chi connectivity index (χ3n) is 8.67. The molecule has 4 amide bonds. The minimum absolute atomic E-state index is 0.200. The molecule has 4 bridgehead atoms. The highest BCUT2D eigenvalue weighted by Gasteiger charge is 2.56. The van der Waals surface area contributed by atoms with Crippen LogP contribution in [0, 0.1) is 23.2 Å². The molecule has 7 rings (SSSR count). The van der Waals surface area contributed by atoms with Gasteiger partial charge in [0.1, 0.15) is 6.04 Å². The van der Waals surface area contributed by atoms with E-state index in [9.17, 15) is 19.2 Å². The molecule has 1 saturated heterocycles. The average molecular weight is 436 g/mol. The number of nitrogens with one attached hydrogen (secondary N) is 1. The Balaban J connectivity index is 1.20. The summed E-state index contributed by atoms with van der Waals surface area (Å²) in [6.07, 6.45) is 8.33. The van der Waals surface area contributed by atoms with Gasteiger partial charge in [-0.1, -0.05) is 0 Å². The molecule has 0 aromatic heterocycles. The second-order valence-corrected chi connectivity index (χ2v) is 10.8. The van der Waals surface area contributed by atoms with Gasteiger partial charge in [-0.2, -0.15) is 0 Å². The number of likely N-dealkylation sites (tertiary alicyclic amines) is 1. The van der Waals surface area contributed by atoms with Crippen molar-refractivity contribution in [2.24, 2.45) is 23.2 Å². The summed E-state index contributed by atoms with van der Waals surface area (Å²) in [4.78, 5) is 54.3. The van der Waals surface area contributed by atoms with Crippen molar-refractivity contribution in [3.05, 3.63) is 29.3 Å². The molecule has 1 unspecified atom stereocenters. The number of imide groups is 1. The second-order valence-electron chi connectivity index (χ2n) is 10.8. The Morgan fingerprint density at radius 3 is 2.25 bits per heavy atom. The van der Waals surface area contributed by atoms with Crippen LogP contribution in [0.4, 0.5) is 5.69 Å². The van der Waals surface area contributed by atoms with Gasteiger partial charge in [0.2, 0.25) is 11.8 Å². The largest absolute Gasteiger partial charge is 0.330 e. The summed E-state index contributed by atoms with van der Waals surface area (Å²) < 4.78 is 0. The van der Waals surface area contributed by atoms with Crippen LogP contribution >= 0.6 is 0 Å². The number of nitrogens with zero attached hydrogens (tertiary/aromatic N) is 2. The van der Waals surface area contributed by atoms with Crippen molar-refractivity contribution >= 4 is 29.3 Å². The third-order valence-corrected chi connectivity index (χ3v) is 8.67. The lowest BCUT2D eigenvalue weighted by Gasteiger charge is -2.56. The number of rotatable bonds is 3. The van der Waals surface area contributed by atoms with Gasteiger partial charge < -0.3 is 10.2 Å². The zero-order chi connectivity index (χ0) is 22.2. The predicted molar refractivity (Wildman–Crippen MR) is 117 cm³/mol. The van der Waals surface area contributed by atoms with Crippen molar-refractivity contribution < 1.29 is 19.2 Å². The lowest BCUT2D eigenvalue weighted by molar-refractivity contribution is -0.160. The SMILES string of the molecule is CN1C(=O)c2ccc(NC(=O)C3CCCN3C(=O)C34CC5CC(CC(C5)C3)C4)cc2C1=O. The lowest BCUT2D eigenvalue weighted by Crippen LogP contribution is -2.56. The maximum absolute atomic E-state index is 13.8. The molecule has 2 heterocycles. The second kappa shape index (κ2) is 6.90. The Bertz CT molecular complexity index is 1010. The molecule has 5 fully saturated rings. The van der Waals surface area contributed by atoms with Crippen LogP contribution in [0.5, 0.6) is 0 Å². The molecular formula is C25H29N3O4. The summed E-state index contributed by atoms with van der Waals surface area (Å²) >= 11 is 0. The molecule has 4 saturated carbocycles. The normalized spacial score (nSPS) is 34.9. The van der Waals surface area contributed by atoms with E-state index in [-0.39, 0.29) is 29.0 Å². The number of anilines is 1. The summed E-state index contributed by atoms with van der Waals surface area (Å²) in [5.41, 5.74) is 0.903. The van der Waals surface area contributed by atoms with Gasteiger partial charge in [-0.3, -0.25) is 24.1 Å². The van der Waals surface area contributed by atoms with Gasteiger partial charge in [0.15, 0.2) is 0 Å². The third kappa shape index (κ3) is 2.86. The lowest BCUT2D eigenvalue weighted by atomic mass is 9.49. The van der Waals surface area contributed by atoms with E-state index < -0.39 is 6.04 Å². The molecule has 1 aromatic carbocycles. The Hall–Kier alpha value is -2.70. The van der Waals surface area contributed by atoms with Crippen molar-refractivity contribution in [2.45, 2.75) is 57.4 Å². The minimum atomic E-state index is -0.469. The maximum Gasteiger partial charge on any atom is 0.261 e. The van der Waals surface area contributed by atoms with E-state index >= 15 is 0 Å². The van der Waals surface area contributed by atoms with Crippen LogP contribution in [0.1, 0.15) is 72.1 Å². The molecule has 2 aliphatic heterocycles. The molecule has 0 radical (unpaired) electrons. The van der Waals surface area contributed by atoms with E-state index in [0.717, 1.165) is 30.6 Å².